The van der Waals surface area contributed by atoms with E-state index in [1.54, 1.807) is 23.1 Å². The molecule has 3 heterocycles. The molecule has 160 valence electrons. The standard InChI is InChI=1S/C26H24N3OS2/c1-4-15-28-16-9-8-11-19(28)17-22-29(5-2)25(30)24(32-22)26-27(3)23-20-12-7-6-10-18(20)13-14-21(23)31-26/h4,6-14,16-17H,1,5,15H2,2-3H3/q+1/b26-24-. The van der Waals surface area contributed by atoms with Crippen LogP contribution in [0, 0.1) is 0 Å². The first-order valence-electron chi connectivity index (χ1n) is 10.6. The minimum absolute atomic E-state index is 0.0708. The van der Waals surface area contributed by atoms with Crippen molar-refractivity contribution in [2.24, 2.45) is 0 Å². The van der Waals surface area contributed by atoms with Gasteiger partial charge in [-0.05, 0) is 30.5 Å². The first-order chi connectivity index (χ1) is 15.6. The first kappa shape index (κ1) is 20.8. The quantitative estimate of drug-likeness (QED) is 0.345. The van der Waals surface area contributed by atoms with Crippen molar-refractivity contribution in [3.8, 4) is 0 Å². The molecule has 0 radical (unpaired) electrons. The van der Waals surface area contributed by atoms with Crippen LogP contribution >= 0.6 is 23.1 Å². The van der Waals surface area contributed by atoms with E-state index < -0.39 is 0 Å². The second kappa shape index (κ2) is 8.45. The van der Waals surface area contributed by atoms with Crippen LogP contribution in [0.5, 0.6) is 0 Å². The third-order valence-corrected chi connectivity index (χ3v) is 8.18. The van der Waals surface area contributed by atoms with Crippen molar-refractivity contribution in [3.63, 3.8) is 0 Å². The number of fused-ring (bicyclic) bond motifs is 3. The molecule has 0 unspecified atom stereocenters. The molecule has 0 N–H and O–H groups in total. The number of hydrogen-bond acceptors (Lipinski definition) is 4. The zero-order valence-electron chi connectivity index (χ0n) is 18.1. The Hall–Kier alpha value is -3.09. The van der Waals surface area contributed by atoms with Crippen LogP contribution in [-0.2, 0) is 13.1 Å². The number of benzene rings is 2. The SMILES string of the molecule is C=CC[n+]1ccccc1/C=c1/s/c(=C2\Sc3ccc4ccccc4c3N2C)c(=O)n1CC. The normalized spacial score (nSPS) is 15.4. The predicted octanol–water partition coefficient (Wildman–Crippen LogP) is 3.69. The third kappa shape index (κ3) is 3.40. The minimum Gasteiger partial charge on any atom is -0.336 e. The molecule has 0 saturated carbocycles. The van der Waals surface area contributed by atoms with Gasteiger partial charge in [0.25, 0.3) is 5.56 Å². The molecule has 1 aliphatic heterocycles. The summed E-state index contributed by atoms with van der Waals surface area (Å²) in [6, 6.07) is 18.8. The number of aromatic nitrogens is 2. The summed E-state index contributed by atoms with van der Waals surface area (Å²) in [5.74, 6) is 0. The van der Waals surface area contributed by atoms with Crippen LogP contribution in [0.25, 0.3) is 21.9 Å². The second-order valence-corrected chi connectivity index (χ2v) is 9.69. The van der Waals surface area contributed by atoms with E-state index >= 15 is 0 Å². The van der Waals surface area contributed by atoms with Gasteiger partial charge in [0.05, 0.1) is 5.69 Å². The van der Waals surface area contributed by atoms with Crippen molar-refractivity contribution in [2.45, 2.75) is 24.9 Å². The molecule has 1 aliphatic rings. The summed E-state index contributed by atoms with van der Waals surface area (Å²) in [6.07, 6.45) is 6.02. The summed E-state index contributed by atoms with van der Waals surface area (Å²) < 4.78 is 5.74. The lowest BCUT2D eigenvalue weighted by molar-refractivity contribution is -0.688. The lowest BCUT2D eigenvalue weighted by Crippen LogP contribution is -2.37. The van der Waals surface area contributed by atoms with Crippen molar-refractivity contribution >= 4 is 50.7 Å². The van der Waals surface area contributed by atoms with Crippen molar-refractivity contribution in [2.75, 3.05) is 11.9 Å². The lowest BCUT2D eigenvalue weighted by atomic mass is 10.1. The molecule has 0 aliphatic carbocycles. The van der Waals surface area contributed by atoms with E-state index in [0.717, 1.165) is 26.5 Å². The monoisotopic (exact) mass is 458 g/mol. The molecule has 0 amide bonds. The Bertz CT molecular complexity index is 1530. The highest BCUT2D eigenvalue weighted by atomic mass is 32.2. The van der Waals surface area contributed by atoms with Gasteiger partial charge in [0.1, 0.15) is 14.2 Å². The summed E-state index contributed by atoms with van der Waals surface area (Å²) in [5.41, 5.74) is 2.30. The Labute approximate surface area is 195 Å². The van der Waals surface area contributed by atoms with E-state index in [1.807, 2.05) is 35.9 Å². The molecule has 5 rings (SSSR count). The van der Waals surface area contributed by atoms with Crippen LogP contribution < -0.4 is 24.2 Å². The molecule has 4 aromatic rings. The van der Waals surface area contributed by atoms with Gasteiger partial charge < -0.3 is 4.90 Å². The molecule has 0 fully saturated rings. The Morgan fingerprint density at radius 2 is 1.91 bits per heavy atom. The van der Waals surface area contributed by atoms with E-state index in [-0.39, 0.29) is 5.56 Å². The number of pyridine rings is 1. The zero-order chi connectivity index (χ0) is 22.2. The van der Waals surface area contributed by atoms with Gasteiger partial charge in [0, 0.05) is 42.1 Å². The van der Waals surface area contributed by atoms with Gasteiger partial charge in [-0.15, -0.1) is 11.3 Å². The van der Waals surface area contributed by atoms with Gasteiger partial charge in [-0.25, -0.2) is 0 Å². The van der Waals surface area contributed by atoms with Gasteiger partial charge in [-0.2, -0.15) is 4.57 Å². The topological polar surface area (TPSA) is 29.1 Å². The van der Waals surface area contributed by atoms with Crippen LogP contribution in [0.3, 0.4) is 0 Å². The highest BCUT2D eigenvalue weighted by Crippen LogP contribution is 2.48. The summed E-state index contributed by atoms with van der Waals surface area (Å²) >= 11 is 3.25. The van der Waals surface area contributed by atoms with Gasteiger partial charge in [0.15, 0.2) is 12.7 Å². The number of thiazole rings is 1. The Balaban J connectivity index is 1.72. The molecular weight excluding hydrogens is 434 g/mol. The summed E-state index contributed by atoms with van der Waals surface area (Å²) in [6.45, 7) is 7.24. The van der Waals surface area contributed by atoms with Gasteiger partial charge in [-0.3, -0.25) is 9.36 Å². The van der Waals surface area contributed by atoms with Gasteiger partial charge in [0.2, 0.25) is 5.69 Å². The number of allylic oxidation sites excluding steroid dienone is 1. The van der Waals surface area contributed by atoms with E-state index in [9.17, 15) is 4.79 Å². The van der Waals surface area contributed by atoms with Crippen molar-refractivity contribution in [1.29, 1.82) is 0 Å². The number of hydrogen-bond donors (Lipinski definition) is 0. The Morgan fingerprint density at radius 1 is 1.09 bits per heavy atom. The second-order valence-electron chi connectivity index (χ2n) is 7.63. The Morgan fingerprint density at radius 3 is 2.72 bits per heavy atom. The molecule has 0 saturated heterocycles. The van der Waals surface area contributed by atoms with E-state index in [1.165, 1.54) is 21.4 Å². The fourth-order valence-corrected chi connectivity index (χ4v) is 6.64. The van der Waals surface area contributed by atoms with E-state index in [0.29, 0.717) is 6.54 Å². The average molecular weight is 459 g/mol. The smallest absolute Gasteiger partial charge is 0.271 e. The summed E-state index contributed by atoms with van der Waals surface area (Å²) in [4.78, 5) is 16.8. The molecule has 0 atom stereocenters. The van der Waals surface area contributed by atoms with E-state index in [2.05, 4.69) is 71.6 Å². The maximum Gasteiger partial charge on any atom is 0.271 e. The van der Waals surface area contributed by atoms with Crippen LogP contribution in [0.15, 0.2) is 83.1 Å². The largest absolute Gasteiger partial charge is 0.336 e. The molecule has 0 bridgehead atoms. The molecular formula is C26H24N3OS2+. The number of thioether (sulfide) groups is 1. The molecule has 32 heavy (non-hydrogen) atoms. The van der Waals surface area contributed by atoms with Crippen LogP contribution in [0.4, 0.5) is 5.69 Å². The van der Waals surface area contributed by atoms with Crippen LogP contribution in [-0.4, -0.2) is 11.6 Å². The van der Waals surface area contributed by atoms with E-state index in [4.69, 9.17) is 0 Å². The molecule has 2 aromatic heterocycles. The fraction of sp³-hybridized carbons (Fsp3) is 0.154. The maximum atomic E-state index is 13.4. The fourth-order valence-electron chi connectivity index (χ4n) is 4.16. The highest BCUT2D eigenvalue weighted by molar-refractivity contribution is 8.08. The first-order valence-corrected chi connectivity index (χ1v) is 12.2. The van der Waals surface area contributed by atoms with Gasteiger partial charge in [-0.1, -0.05) is 48.7 Å². The van der Waals surface area contributed by atoms with Crippen molar-refractivity contribution in [1.82, 2.24) is 4.57 Å². The zero-order valence-corrected chi connectivity index (χ0v) is 19.7. The molecule has 2 aromatic carbocycles. The average Bonchev–Trinajstić information content (AvgIpc) is 3.31. The van der Waals surface area contributed by atoms with Crippen molar-refractivity contribution in [3.05, 3.63) is 98.7 Å². The van der Waals surface area contributed by atoms with Crippen LogP contribution in [0.2, 0.25) is 0 Å². The van der Waals surface area contributed by atoms with Crippen LogP contribution in [0.1, 0.15) is 12.6 Å². The third-order valence-electron chi connectivity index (χ3n) is 5.71. The number of anilines is 1. The minimum atomic E-state index is 0.0708. The molecule has 6 heteroatoms. The predicted molar refractivity (Wildman–Crippen MR) is 136 cm³/mol. The number of rotatable bonds is 4. The lowest BCUT2D eigenvalue weighted by Gasteiger charge is -2.15. The Kier molecular flexibility index (Phi) is 5.49. The maximum absolute atomic E-state index is 13.4. The number of nitrogens with zero attached hydrogens (tertiary/aromatic N) is 3. The summed E-state index contributed by atoms with van der Waals surface area (Å²) in [7, 11) is 2.06. The molecule has 4 nitrogen and oxygen atoms in total. The summed E-state index contributed by atoms with van der Waals surface area (Å²) in [5, 5.41) is 3.42. The highest BCUT2D eigenvalue weighted by Gasteiger charge is 2.26. The van der Waals surface area contributed by atoms with Gasteiger partial charge >= 0.3 is 0 Å². The molecule has 0 spiro atoms. The van der Waals surface area contributed by atoms with Crippen molar-refractivity contribution < 1.29 is 4.57 Å².